The van der Waals surface area contributed by atoms with Gasteiger partial charge in [-0.3, -0.25) is 24.5 Å². The second-order valence-electron chi connectivity index (χ2n) is 9.31. The number of nitro groups is 1. The van der Waals surface area contributed by atoms with E-state index in [-0.39, 0.29) is 5.69 Å². The van der Waals surface area contributed by atoms with Gasteiger partial charge < -0.3 is 10.4 Å². The lowest BCUT2D eigenvalue weighted by molar-refractivity contribution is -0.384. The maximum atomic E-state index is 12.0. The molecule has 0 amide bonds. The van der Waals surface area contributed by atoms with Crippen LogP contribution in [0.15, 0.2) is 53.5 Å². The average molecular weight is 531 g/mol. The molecule has 0 fully saturated rings. The van der Waals surface area contributed by atoms with E-state index < -0.39 is 22.9 Å². The Bertz CT molecular complexity index is 1570. The number of benzene rings is 2. The Balaban J connectivity index is 1.51. The number of hydrogen-bond donors (Lipinski definition) is 2. The summed E-state index contributed by atoms with van der Waals surface area (Å²) in [6.07, 6.45) is 0. The summed E-state index contributed by atoms with van der Waals surface area (Å²) in [6, 6.07) is 13.6. The lowest BCUT2D eigenvalue weighted by atomic mass is 9.98. The lowest BCUT2D eigenvalue weighted by Gasteiger charge is -2.16. The van der Waals surface area contributed by atoms with Crippen LogP contribution in [-0.4, -0.2) is 36.5 Å². The van der Waals surface area contributed by atoms with Gasteiger partial charge in [0.25, 0.3) is 5.69 Å². The normalized spacial score (nSPS) is 15.2. The molecule has 0 saturated carbocycles. The van der Waals surface area contributed by atoms with Crippen molar-refractivity contribution in [3.63, 3.8) is 0 Å². The van der Waals surface area contributed by atoms with Gasteiger partial charge in [0, 0.05) is 40.4 Å². The molecule has 0 bridgehead atoms. The van der Waals surface area contributed by atoms with Crippen molar-refractivity contribution in [3.05, 3.63) is 97.4 Å². The van der Waals surface area contributed by atoms with Gasteiger partial charge in [-0.1, -0.05) is 24.3 Å². The van der Waals surface area contributed by atoms with Gasteiger partial charge in [0.1, 0.15) is 16.9 Å². The quantitative estimate of drug-likeness (QED) is 0.242. The van der Waals surface area contributed by atoms with Crippen LogP contribution in [0.2, 0.25) is 0 Å². The van der Waals surface area contributed by atoms with Gasteiger partial charge in [-0.2, -0.15) is 0 Å². The molecule has 0 aliphatic carbocycles. The Morgan fingerprint density at radius 1 is 1.13 bits per heavy atom. The highest BCUT2D eigenvalue weighted by atomic mass is 32.1. The first-order valence-electron chi connectivity index (χ1n) is 12.1. The Hall–Kier alpha value is -4.38. The third-order valence-electron chi connectivity index (χ3n) is 6.85. The number of rotatable bonds is 7. The second-order valence-corrected chi connectivity index (χ2v) is 10.5. The van der Waals surface area contributed by atoms with E-state index in [0.717, 1.165) is 43.5 Å². The Morgan fingerprint density at radius 3 is 2.45 bits per heavy atom. The number of carboxylic acids is 1. The molecule has 2 aromatic heterocycles. The number of anilines is 1. The van der Waals surface area contributed by atoms with E-state index in [1.165, 1.54) is 12.1 Å². The van der Waals surface area contributed by atoms with Crippen molar-refractivity contribution < 1.29 is 14.8 Å². The van der Waals surface area contributed by atoms with E-state index in [1.54, 1.807) is 30.4 Å². The number of thiophene rings is 1. The van der Waals surface area contributed by atoms with Crippen LogP contribution in [0, 0.1) is 36.8 Å². The summed E-state index contributed by atoms with van der Waals surface area (Å²) in [4.78, 5) is 28.7. The highest BCUT2D eigenvalue weighted by Gasteiger charge is 2.36. The third kappa shape index (κ3) is 4.45. The molecular weight excluding hydrogens is 504 g/mol. The molecule has 0 radical (unpaired) electrons. The number of aliphatic imine (C=N–C) groups is 1. The maximum Gasteiger partial charge on any atom is 0.308 e. The van der Waals surface area contributed by atoms with Gasteiger partial charge in [0.15, 0.2) is 5.82 Å². The summed E-state index contributed by atoms with van der Waals surface area (Å²) in [5, 5.41) is 33.6. The highest BCUT2D eigenvalue weighted by Crippen LogP contribution is 2.40. The number of carboxylic acid groups (broad SMARTS) is 1. The number of fused-ring (bicyclic) bond motifs is 3. The molecule has 1 aliphatic heterocycles. The standard InChI is InChI=1S/C27H26N6O4S/c1-14-16(3)38-26-22(14)24(29-23(15(2)27(34)35)25-31-30-17(4)32(25)26)19-7-9-20(10-8-19)28-13-18-5-11-21(12-6-18)33(36)37/h5-12,15,23,28H,13H2,1-4H3,(H,34,35)/t15-,23?/m0/s1. The van der Waals surface area contributed by atoms with Crippen LogP contribution < -0.4 is 5.32 Å². The molecule has 38 heavy (non-hydrogen) atoms. The molecule has 0 saturated heterocycles. The van der Waals surface area contributed by atoms with E-state index in [2.05, 4.69) is 29.4 Å². The molecule has 2 atom stereocenters. The van der Waals surface area contributed by atoms with Crippen molar-refractivity contribution in [2.24, 2.45) is 10.9 Å². The minimum absolute atomic E-state index is 0.0593. The fraction of sp³-hybridized carbons (Fsp3) is 0.259. The van der Waals surface area contributed by atoms with Crippen molar-refractivity contribution in [2.45, 2.75) is 40.3 Å². The first-order valence-corrected chi connectivity index (χ1v) is 12.9. The second kappa shape index (κ2) is 9.82. The molecule has 1 unspecified atom stereocenters. The van der Waals surface area contributed by atoms with Crippen molar-refractivity contribution in [3.8, 4) is 5.00 Å². The van der Waals surface area contributed by atoms with E-state index in [1.807, 2.05) is 35.8 Å². The fourth-order valence-corrected chi connectivity index (χ4v) is 5.72. The topological polar surface area (TPSA) is 136 Å². The zero-order chi connectivity index (χ0) is 27.1. The van der Waals surface area contributed by atoms with Crippen LogP contribution in [0.25, 0.3) is 5.00 Å². The number of nitrogens with one attached hydrogen (secondary N) is 1. The molecule has 4 aromatic rings. The number of aliphatic carboxylic acids is 1. The van der Waals surface area contributed by atoms with Crippen LogP contribution in [0.4, 0.5) is 11.4 Å². The molecular formula is C27H26N6O4S. The first kappa shape index (κ1) is 25.3. The van der Waals surface area contributed by atoms with Gasteiger partial charge in [-0.25, -0.2) is 0 Å². The molecule has 11 heteroatoms. The molecule has 0 spiro atoms. The van der Waals surface area contributed by atoms with Crippen LogP contribution in [0.5, 0.6) is 0 Å². The van der Waals surface area contributed by atoms with Crippen LogP contribution in [0.1, 0.15) is 51.7 Å². The smallest absolute Gasteiger partial charge is 0.308 e. The van der Waals surface area contributed by atoms with Gasteiger partial charge in [-0.15, -0.1) is 21.5 Å². The number of aryl methyl sites for hydroxylation is 2. The summed E-state index contributed by atoms with van der Waals surface area (Å²) in [6.45, 7) is 8.14. The molecule has 10 nitrogen and oxygen atoms in total. The minimum Gasteiger partial charge on any atom is -0.481 e. The first-order chi connectivity index (χ1) is 18.2. The summed E-state index contributed by atoms with van der Waals surface area (Å²) < 4.78 is 1.95. The number of aromatic nitrogens is 3. The monoisotopic (exact) mass is 530 g/mol. The Kier molecular flexibility index (Phi) is 6.53. The zero-order valence-corrected chi connectivity index (χ0v) is 22.1. The van der Waals surface area contributed by atoms with E-state index in [4.69, 9.17) is 4.99 Å². The summed E-state index contributed by atoms with van der Waals surface area (Å²) in [7, 11) is 0. The third-order valence-corrected chi connectivity index (χ3v) is 8.05. The molecule has 194 valence electrons. The van der Waals surface area contributed by atoms with Crippen LogP contribution >= 0.6 is 11.3 Å². The molecule has 3 heterocycles. The fourth-order valence-electron chi connectivity index (χ4n) is 4.50. The van der Waals surface area contributed by atoms with Crippen molar-refractivity contribution in [1.29, 1.82) is 0 Å². The summed E-state index contributed by atoms with van der Waals surface area (Å²) in [5.41, 5.74) is 5.51. The Labute approximate surface area is 222 Å². The minimum atomic E-state index is -0.950. The maximum absolute atomic E-state index is 12.0. The zero-order valence-electron chi connectivity index (χ0n) is 21.3. The largest absolute Gasteiger partial charge is 0.481 e. The number of nitrogens with zero attached hydrogens (tertiary/aromatic N) is 5. The Morgan fingerprint density at radius 2 is 1.82 bits per heavy atom. The van der Waals surface area contributed by atoms with Gasteiger partial charge in [0.2, 0.25) is 0 Å². The predicted octanol–water partition coefficient (Wildman–Crippen LogP) is 5.39. The number of non-ortho nitro benzene ring substituents is 1. The highest BCUT2D eigenvalue weighted by molar-refractivity contribution is 7.15. The molecule has 1 aliphatic rings. The molecule has 2 N–H and O–H groups in total. The number of nitro benzene ring substituents is 1. The number of hydrogen-bond acceptors (Lipinski definition) is 8. The van der Waals surface area contributed by atoms with E-state index in [9.17, 15) is 20.0 Å². The predicted molar refractivity (Wildman–Crippen MR) is 145 cm³/mol. The van der Waals surface area contributed by atoms with Crippen LogP contribution in [0.3, 0.4) is 0 Å². The molecule has 5 rings (SSSR count). The van der Waals surface area contributed by atoms with Crippen molar-refractivity contribution in [1.82, 2.24) is 14.8 Å². The van der Waals surface area contributed by atoms with E-state index in [0.29, 0.717) is 18.2 Å². The average Bonchev–Trinajstić information content (AvgIpc) is 3.37. The van der Waals surface area contributed by atoms with Crippen molar-refractivity contribution >= 4 is 34.4 Å². The SMILES string of the molecule is Cc1sc2c(c1C)C(c1ccc(NCc3ccc([N+](=O)[O-])cc3)cc1)=NC([C@H](C)C(=O)O)c1nnc(C)n1-2. The van der Waals surface area contributed by atoms with E-state index >= 15 is 0 Å². The van der Waals surface area contributed by atoms with Gasteiger partial charge >= 0.3 is 5.97 Å². The summed E-state index contributed by atoms with van der Waals surface area (Å²) >= 11 is 1.62. The van der Waals surface area contributed by atoms with Gasteiger partial charge in [-0.05, 0) is 51.0 Å². The lowest BCUT2D eigenvalue weighted by Crippen LogP contribution is -2.21. The van der Waals surface area contributed by atoms with Gasteiger partial charge in [0.05, 0.1) is 16.6 Å². The van der Waals surface area contributed by atoms with Crippen molar-refractivity contribution in [2.75, 3.05) is 5.32 Å². The molecule has 2 aromatic carbocycles. The number of carbonyl (C=O) groups is 1. The summed E-state index contributed by atoms with van der Waals surface area (Å²) in [5.74, 6) is -0.539. The van der Waals surface area contributed by atoms with Crippen LogP contribution in [-0.2, 0) is 11.3 Å².